The molecule has 0 spiro atoms. The number of aromatic nitrogens is 2. The van der Waals surface area contributed by atoms with Gasteiger partial charge in [0.05, 0.1) is 11.9 Å². The minimum Gasteiger partial charge on any atom is -0.320 e. The third kappa shape index (κ3) is 3.59. The molecule has 2 aromatic rings. The SMILES string of the molecule is O=C(Nc1cnccc1I)c1ccnc(NC(=O)C2CC2)c1. The maximum atomic E-state index is 12.3. The van der Waals surface area contributed by atoms with Crippen molar-refractivity contribution in [3.63, 3.8) is 0 Å². The van der Waals surface area contributed by atoms with Gasteiger partial charge in [-0.1, -0.05) is 0 Å². The monoisotopic (exact) mass is 408 g/mol. The van der Waals surface area contributed by atoms with E-state index in [9.17, 15) is 9.59 Å². The highest BCUT2D eigenvalue weighted by molar-refractivity contribution is 14.1. The van der Waals surface area contributed by atoms with Gasteiger partial charge in [-0.15, -0.1) is 0 Å². The number of hydrogen-bond acceptors (Lipinski definition) is 4. The van der Waals surface area contributed by atoms with Crippen molar-refractivity contribution in [3.8, 4) is 0 Å². The van der Waals surface area contributed by atoms with E-state index >= 15 is 0 Å². The van der Waals surface area contributed by atoms with Crippen LogP contribution in [-0.2, 0) is 4.79 Å². The summed E-state index contributed by atoms with van der Waals surface area (Å²) in [6.07, 6.45) is 6.61. The molecular formula is C15H13IN4O2. The van der Waals surface area contributed by atoms with Crippen molar-refractivity contribution in [2.24, 2.45) is 5.92 Å². The lowest BCUT2D eigenvalue weighted by molar-refractivity contribution is -0.117. The van der Waals surface area contributed by atoms with Crippen LogP contribution in [0.4, 0.5) is 11.5 Å². The lowest BCUT2D eigenvalue weighted by Gasteiger charge is -2.08. The minimum atomic E-state index is -0.268. The molecule has 3 rings (SSSR count). The van der Waals surface area contributed by atoms with E-state index in [4.69, 9.17) is 0 Å². The molecule has 0 radical (unpaired) electrons. The first-order chi connectivity index (χ1) is 10.6. The van der Waals surface area contributed by atoms with Gasteiger partial charge in [-0.3, -0.25) is 14.6 Å². The summed E-state index contributed by atoms with van der Waals surface area (Å²) in [7, 11) is 0. The number of nitrogens with zero attached hydrogens (tertiary/aromatic N) is 2. The molecule has 0 bridgehead atoms. The Labute approximate surface area is 140 Å². The Morgan fingerprint density at radius 3 is 2.73 bits per heavy atom. The van der Waals surface area contributed by atoms with Crippen LogP contribution in [0.5, 0.6) is 0 Å². The Kier molecular flexibility index (Phi) is 4.32. The standard InChI is InChI=1S/C15H13IN4O2/c16-11-4-5-17-8-12(11)19-15(22)10-3-6-18-13(7-10)20-14(21)9-1-2-9/h3-9H,1-2H2,(H,19,22)(H,18,20,21). The van der Waals surface area contributed by atoms with E-state index in [2.05, 4.69) is 43.2 Å². The van der Waals surface area contributed by atoms with Crippen LogP contribution in [0.3, 0.4) is 0 Å². The second-order valence-corrected chi connectivity index (χ2v) is 6.17. The Hall–Kier alpha value is -2.03. The second-order valence-electron chi connectivity index (χ2n) is 5.00. The van der Waals surface area contributed by atoms with Crippen molar-refractivity contribution in [1.29, 1.82) is 0 Å². The van der Waals surface area contributed by atoms with Crippen molar-refractivity contribution < 1.29 is 9.59 Å². The first-order valence-corrected chi connectivity index (χ1v) is 7.89. The number of hydrogen-bond donors (Lipinski definition) is 2. The summed E-state index contributed by atoms with van der Waals surface area (Å²) in [4.78, 5) is 32.1. The van der Waals surface area contributed by atoms with E-state index in [1.165, 1.54) is 6.20 Å². The molecule has 22 heavy (non-hydrogen) atoms. The zero-order valence-electron chi connectivity index (χ0n) is 11.5. The van der Waals surface area contributed by atoms with Gasteiger partial charge < -0.3 is 10.6 Å². The molecular weight excluding hydrogens is 395 g/mol. The molecule has 6 nitrogen and oxygen atoms in total. The van der Waals surface area contributed by atoms with Crippen LogP contribution in [0.25, 0.3) is 0 Å². The summed E-state index contributed by atoms with van der Waals surface area (Å²) in [6, 6.07) is 4.98. The molecule has 2 heterocycles. The van der Waals surface area contributed by atoms with E-state index in [0.717, 1.165) is 16.4 Å². The number of amides is 2. The van der Waals surface area contributed by atoms with E-state index in [1.807, 2.05) is 6.07 Å². The minimum absolute atomic E-state index is 0.0353. The second kappa shape index (κ2) is 6.39. The van der Waals surface area contributed by atoms with Crippen LogP contribution in [0, 0.1) is 9.49 Å². The van der Waals surface area contributed by atoms with Gasteiger partial charge in [-0.2, -0.15) is 0 Å². The topological polar surface area (TPSA) is 84.0 Å². The highest BCUT2D eigenvalue weighted by atomic mass is 127. The average Bonchev–Trinajstić information content (AvgIpc) is 3.34. The van der Waals surface area contributed by atoms with Crippen LogP contribution in [0.2, 0.25) is 0 Å². The maximum absolute atomic E-state index is 12.3. The highest BCUT2D eigenvalue weighted by Crippen LogP contribution is 2.30. The Morgan fingerprint density at radius 1 is 1.18 bits per heavy atom. The molecule has 1 fully saturated rings. The number of pyridine rings is 2. The number of carbonyl (C=O) groups excluding carboxylic acids is 2. The largest absolute Gasteiger partial charge is 0.320 e. The average molecular weight is 408 g/mol. The van der Waals surface area contributed by atoms with Gasteiger partial charge in [-0.25, -0.2) is 4.98 Å². The molecule has 0 aliphatic heterocycles. The number of carbonyl (C=O) groups is 2. The smallest absolute Gasteiger partial charge is 0.255 e. The van der Waals surface area contributed by atoms with Gasteiger partial charge in [0.15, 0.2) is 0 Å². The molecule has 0 atom stereocenters. The van der Waals surface area contributed by atoms with Gasteiger partial charge in [-0.05, 0) is 53.6 Å². The molecule has 7 heteroatoms. The molecule has 2 amide bonds. The molecule has 112 valence electrons. The number of halogens is 1. The van der Waals surface area contributed by atoms with Gasteiger partial charge in [0.2, 0.25) is 5.91 Å². The third-order valence-corrected chi connectivity index (χ3v) is 4.18. The Morgan fingerprint density at radius 2 is 2.00 bits per heavy atom. The van der Waals surface area contributed by atoms with Crippen molar-refractivity contribution in [2.45, 2.75) is 12.8 Å². The van der Waals surface area contributed by atoms with Crippen LogP contribution in [0.15, 0.2) is 36.8 Å². The fraction of sp³-hybridized carbons (Fsp3) is 0.200. The lowest BCUT2D eigenvalue weighted by atomic mass is 10.2. The van der Waals surface area contributed by atoms with Crippen molar-refractivity contribution in [2.75, 3.05) is 10.6 Å². The molecule has 0 unspecified atom stereocenters. The van der Waals surface area contributed by atoms with Crippen molar-refractivity contribution in [3.05, 3.63) is 45.9 Å². The number of anilines is 2. The molecule has 2 N–H and O–H groups in total. The fourth-order valence-corrected chi connectivity index (χ4v) is 2.31. The molecule has 1 aliphatic carbocycles. The van der Waals surface area contributed by atoms with Gasteiger partial charge in [0, 0.05) is 27.4 Å². The summed E-state index contributed by atoms with van der Waals surface area (Å²) in [5.41, 5.74) is 1.08. The third-order valence-electron chi connectivity index (χ3n) is 3.24. The molecule has 2 aromatic heterocycles. The first-order valence-electron chi connectivity index (χ1n) is 6.81. The van der Waals surface area contributed by atoms with Gasteiger partial charge in [0.25, 0.3) is 5.91 Å². The van der Waals surface area contributed by atoms with Crippen molar-refractivity contribution in [1.82, 2.24) is 9.97 Å². The Balaban J connectivity index is 1.72. The summed E-state index contributed by atoms with van der Waals surface area (Å²) >= 11 is 2.13. The predicted octanol–water partition coefficient (Wildman–Crippen LogP) is 2.68. The molecule has 1 aliphatic rings. The van der Waals surface area contributed by atoms with Crippen LogP contribution >= 0.6 is 22.6 Å². The summed E-state index contributed by atoms with van der Waals surface area (Å²) in [6.45, 7) is 0. The summed E-state index contributed by atoms with van der Waals surface area (Å²) in [5.74, 6) is 0.184. The van der Waals surface area contributed by atoms with Crippen molar-refractivity contribution >= 4 is 45.9 Å². The Bertz CT molecular complexity index is 731. The lowest BCUT2D eigenvalue weighted by Crippen LogP contribution is -2.16. The number of rotatable bonds is 4. The quantitative estimate of drug-likeness (QED) is 0.763. The highest BCUT2D eigenvalue weighted by Gasteiger charge is 2.29. The summed E-state index contributed by atoms with van der Waals surface area (Å²) < 4.78 is 0.900. The zero-order chi connectivity index (χ0) is 15.5. The number of nitrogens with one attached hydrogen (secondary N) is 2. The molecule has 1 saturated carbocycles. The van der Waals surface area contributed by atoms with Crippen LogP contribution in [-0.4, -0.2) is 21.8 Å². The maximum Gasteiger partial charge on any atom is 0.255 e. The predicted molar refractivity (Wildman–Crippen MR) is 90.5 cm³/mol. The van der Waals surface area contributed by atoms with E-state index < -0.39 is 0 Å². The summed E-state index contributed by atoms with van der Waals surface area (Å²) in [5, 5.41) is 5.52. The molecule has 0 aromatic carbocycles. The van der Waals surface area contributed by atoms with E-state index in [-0.39, 0.29) is 17.7 Å². The van der Waals surface area contributed by atoms with Crippen LogP contribution < -0.4 is 10.6 Å². The van der Waals surface area contributed by atoms with E-state index in [1.54, 1.807) is 24.5 Å². The fourth-order valence-electron chi connectivity index (χ4n) is 1.88. The van der Waals surface area contributed by atoms with Gasteiger partial charge in [0.1, 0.15) is 5.82 Å². The van der Waals surface area contributed by atoms with Gasteiger partial charge >= 0.3 is 0 Å². The van der Waals surface area contributed by atoms with E-state index in [0.29, 0.717) is 17.1 Å². The van der Waals surface area contributed by atoms with Crippen LogP contribution in [0.1, 0.15) is 23.2 Å². The zero-order valence-corrected chi connectivity index (χ0v) is 13.7. The molecule has 0 saturated heterocycles. The normalized spacial score (nSPS) is 13.5. The first kappa shape index (κ1) is 14.9.